The minimum Gasteiger partial charge on any atom is -0.325 e. The van der Waals surface area contributed by atoms with E-state index in [1.165, 1.54) is 11.8 Å². The predicted molar refractivity (Wildman–Crippen MR) is 91.5 cm³/mol. The first-order valence-corrected chi connectivity index (χ1v) is 8.28. The molecule has 0 saturated carbocycles. The Balaban J connectivity index is 1.84. The zero-order chi connectivity index (χ0) is 15.8. The molecular weight excluding hydrogens is 294 g/mol. The van der Waals surface area contributed by atoms with Gasteiger partial charge in [-0.2, -0.15) is 0 Å². The van der Waals surface area contributed by atoms with Crippen LogP contribution in [0.15, 0.2) is 59.5 Å². The van der Waals surface area contributed by atoms with Crippen molar-refractivity contribution in [1.82, 2.24) is 0 Å². The highest BCUT2D eigenvalue weighted by Gasteiger charge is 2.06. The van der Waals surface area contributed by atoms with Crippen LogP contribution in [0.1, 0.15) is 30.1 Å². The highest BCUT2D eigenvalue weighted by atomic mass is 32.2. The molecule has 0 heterocycles. The maximum atomic E-state index is 11.9. The van der Waals surface area contributed by atoms with Crippen molar-refractivity contribution in [2.24, 2.45) is 0 Å². The molecule has 1 amide bonds. The van der Waals surface area contributed by atoms with Crippen LogP contribution < -0.4 is 5.32 Å². The van der Waals surface area contributed by atoms with E-state index in [0.717, 1.165) is 22.6 Å². The van der Waals surface area contributed by atoms with Gasteiger partial charge in [0.15, 0.2) is 5.78 Å². The number of Topliss-reactive ketones (excluding diaryl/α,β-unsaturated/α-hetero) is 1. The Morgan fingerprint density at radius 3 is 2.32 bits per heavy atom. The molecule has 2 aromatic rings. The Morgan fingerprint density at radius 2 is 1.68 bits per heavy atom. The summed E-state index contributed by atoms with van der Waals surface area (Å²) in [5, 5.41) is 2.84. The van der Waals surface area contributed by atoms with Gasteiger partial charge in [0, 0.05) is 22.6 Å². The van der Waals surface area contributed by atoms with Gasteiger partial charge in [0.25, 0.3) is 0 Å². The van der Waals surface area contributed by atoms with Crippen molar-refractivity contribution in [2.75, 3.05) is 11.1 Å². The van der Waals surface area contributed by atoms with Crippen molar-refractivity contribution in [3.05, 3.63) is 60.2 Å². The molecule has 2 rings (SSSR count). The second-order valence-electron chi connectivity index (χ2n) is 4.90. The van der Waals surface area contributed by atoms with Gasteiger partial charge in [0.2, 0.25) is 5.91 Å². The Labute approximate surface area is 135 Å². The summed E-state index contributed by atoms with van der Waals surface area (Å²) in [6.07, 6.45) is 1.43. The third kappa shape index (κ3) is 5.04. The molecule has 0 saturated heterocycles. The van der Waals surface area contributed by atoms with Crippen LogP contribution in [0.3, 0.4) is 0 Å². The first-order valence-electron chi connectivity index (χ1n) is 7.30. The van der Waals surface area contributed by atoms with Crippen LogP contribution in [-0.2, 0) is 4.79 Å². The second kappa shape index (κ2) is 8.39. The van der Waals surface area contributed by atoms with Gasteiger partial charge in [0.1, 0.15) is 0 Å². The fraction of sp³-hybridized carbons (Fsp3) is 0.222. The second-order valence-corrected chi connectivity index (χ2v) is 5.95. The lowest BCUT2D eigenvalue weighted by Gasteiger charge is -2.05. The summed E-state index contributed by atoms with van der Waals surface area (Å²) in [5.74, 6) is 0.472. The third-order valence-corrected chi connectivity index (χ3v) is 4.09. The number of amides is 1. The summed E-state index contributed by atoms with van der Waals surface area (Å²) in [4.78, 5) is 24.6. The van der Waals surface area contributed by atoms with Crippen LogP contribution in [0.5, 0.6) is 0 Å². The average Bonchev–Trinajstić information content (AvgIpc) is 2.54. The fourth-order valence-corrected chi connectivity index (χ4v) is 2.67. The number of hydrogen-bond acceptors (Lipinski definition) is 3. The SMILES string of the molecule is CCCC(=O)c1ccc(SCC(=O)Nc2ccccc2)cc1. The van der Waals surface area contributed by atoms with E-state index in [-0.39, 0.29) is 11.7 Å². The van der Waals surface area contributed by atoms with Crippen molar-refractivity contribution in [1.29, 1.82) is 0 Å². The van der Waals surface area contributed by atoms with Gasteiger partial charge in [-0.1, -0.05) is 37.3 Å². The van der Waals surface area contributed by atoms with Crippen molar-refractivity contribution < 1.29 is 9.59 Å². The summed E-state index contributed by atoms with van der Waals surface area (Å²) in [6, 6.07) is 16.8. The van der Waals surface area contributed by atoms with Gasteiger partial charge >= 0.3 is 0 Å². The normalized spacial score (nSPS) is 10.2. The van der Waals surface area contributed by atoms with E-state index in [9.17, 15) is 9.59 Å². The van der Waals surface area contributed by atoms with Crippen LogP contribution in [0.2, 0.25) is 0 Å². The average molecular weight is 313 g/mol. The molecule has 1 N–H and O–H groups in total. The molecule has 22 heavy (non-hydrogen) atoms. The van der Waals surface area contributed by atoms with Crippen LogP contribution in [0.25, 0.3) is 0 Å². The van der Waals surface area contributed by atoms with Crippen LogP contribution >= 0.6 is 11.8 Å². The highest BCUT2D eigenvalue weighted by molar-refractivity contribution is 8.00. The van der Waals surface area contributed by atoms with Gasteiger partial charge in [-0.05, 0) is 30.7 Å². The lowest BCUT2D eigenvalue weighted by atomic mass is 10.1. The Kier molecular flexibility index (Phi) is 6.22. The molecule has 3 nitrogen and oxygen atoms in total. The number of thioether (sulfide) groups is 1. The molecule has 0 aliphatic rings. The molecule has 0 aromatic heterocycles. The zero-order valence-electron chi connectivity index (χ0n) is 12.5. The number of rotatable bonds is 7. The monoisotopic (exact) mass is 313 g/mol. The molecule has 0 bridgehead atoms. The Morgan fingerprint density at radius 1 is 1.00 bits per heavy atom. The fourth-order valence-electron chi connectivity index (χ4n) is 1.98. The number of benzene rings is 2. The van der Waals surface area contributed by atoms with Crippen molar-refractivity contribution >= 4 is 29.1 Å². The van der Waals surface area contributed by atoms with E-state index in [2.05, 4.69) is 5.32 Å². The molecule has 4 heteroatoms. The van der Waals surface area contributed by atoms with Gasteiger partial charge < -0.3 is 5.32 Å². The maximum Gasteiger partial charge on any atom is 0.234 e. The van der Waals surface area contributed by atoms with E-state index < -0.39 is 0 Å². The summed E-state index contributed by atoms with van der Waals surface area (Å²) in [5.41, 5.74) is 1.54. The highest BCUT2D eigenvalue weighted by Crippen LogP contribution is 2.19. The van der Waals surface area contributed by atoms with Crippen molar-refractivity contribution in [2.45, 2.75) is 24.7 Å². The molecule has 0 aliphatic carbocycles. The van der Waals surface area contributed by atoms with Gasteiger partial charge in [-0.3, -0.25) is 9.59 Å². The van der Waals surface area contributed by atoms with Crippen LogP contribution in [0.4, 0.5) is 5.69 Å². The van der Waals surface area contributed by atoms with E-state index in [1.807, 2.05) is 61.5 Å². The lowest BCUT2D eigenvalue weighted by molar-refractivity contribution is -0.113. The van der Waals surface area contributed by atoms with E-state index >= 15 is 0 Å². The number of para-hydroxylation sites is 1. The molecular formula is C18H19NO2S. The molecule has 0 atom stereocenters. The van der Waals surface area contributed by atoms with Crippen molar-refractivity contribution in [3.8, 4) is 0 Å². The number of ketones is 1. The number of anilines is 1. The van der Waals surface area contributed by atoms with E-state index in [4.69, 9.17) is 0 Å². The molecule has 0 aliphatic heterocycles. The summed E-state index contributed by atoms with van der Waals surface area (Å²) in [6.45, 7) is 1.99. The molecule has 0 fully saturated rings. The largest absolute Gasteiger partial charge is 0.325 e. The van der Waals surface area contributed by atoms with Crippen LogP contribution in [-0.4, -0.2) is 17.4 Å². The van der Waals surface area contributed by atoms with Crippen LogP contribution in [0, 0.1) is 0 Å². The summed E-state index contributed by atoms with van der Waals surface area (Å²) >= 11 is 1.46. The third-order valence-electron chi connectivity index (χ3n) is 3.08. The Bertz CT molecular complexity index is 623. The van der Waals surface area contributed by atoms with Gasteiger partial charge in [-0.25, -0.2) is 0 Å². The topological polar surface area (TPSA) is 46.2 Å². The van der Waals surface area contributed by atoms with E-state index in [1.54, 1.807) is 0 Å². The Hall–Kier alpha value is -2.07. The molecule has 0 unspecified atom stereocenters. The summed E-state index contributed by atoms with van der Waals surface area (Å²) in [7, 11) is 0. The first kappa shape index (κ1) is 16.3. The lowest BCUT2D eigenvalue weighted by Crippen LogP contribution is -2.13. The van der Waals surface area contributed by atoms with Gasteiger partial charge in [-0.15, -0.1) is 11.8 Å². The quantitative estimate of drug-likeness (QED) is 0.609. The standard InChI is InChI=1S/C18H19NO2S/c1-2-6-17(20)14-9-11-16(12-10-14)22-13-18(21)19-15-7-4-3-5-8-15/h3-5,7-12H,2,6,13H2,1H3,(H,19,21). The number of nitrogens with one attached hydrogen (secondary N) is 1. The first-order chi connectivity index (χ1) is 10.7. The number of hydrogen-bond donors (Lipinski definition) is 1. The maximum absolute atomic E-state index is 11.9. The minimum atomic E-state index is -0.0395. The van der Waals surface area contributed by atoms with Crippen molar-refractivity contribution in [3.63, 3.8) is 0 Å². The molecule has 2 aromatic carbocycles. The smallest absolute Gasteiger partial charge is 0.234 e. The number of carbonyl (C=O) groups is 2. The van der Waals surface area contributed by atoms with Gasteiger partial charge in [0.05, 0.1) is 5.75 Å². The minimum absolute atomic E-state index is 0.0395. The number of carbonyl (C=O) groups excluding carboxylic acids is 2. The molecule has 0 spiro atoms. The zero-order valence-corrected chi connectivity index (χ0v) is 13.4. The summed E-state index contributed by atoms with van der Waals surface area (Å²) < 4.78 is 0. The molecule has 0 radical (unpaired) electrons. The molecule has 114 valence electrons. The van der Waals surface area contributed by atoms with E-state index in [0.29, 0.717) is 12.2 Å². The predicted octanol–water partition coefficient (Wildman–Crippen LogP) is 4.40.